The summed E-state index contributed by atoms with van der Waals surface area (Å²) >= 11 is 0. The van der Waals surface area contributed by atoms with Gasteiger partial charge in [0.15, 0.2) is 0 Å². The number of carbonyl (C=O) groups is 3. The van der Waals surface area contributed by atoms with Crippen LogP contribution >= 0.6 is 0 Å². The summed E-state index contributed by atoms with van der Waals surface area (Å²) in [6, 6.07) is 30.7. The van der Waals surface area contributed by atoms with Gasteiger partial charge in [0.05, 0.1) is 5.56 Å². The van der Waals surface area contributed by atoms with Gasteiger partial charge in [-0.1, -0.05) is 91.0 Å². The topological polar surface area (TPSA) is 77.9 Å². The molecular formula is C39H43N5O3. The van der Waals surface area contributed by atoms with Crippen molar-refractivity contribution in [3.8, 4) is 0 Å². The van der Waals surface area contributed by atoms with E-state index in [9.17, 15) is 14.4 Å². The number of hydrogen-bond acceptors (Lipinski definition) is 4. The van der Waals surface area contributed by atoms with Crippen LogP contribution in [0, 0.1) is 0 Å². The van der Waals surface area contributed by atoms with Crippen LogP contribution in [0.25, 0.3) is 21.7 Å². The van der Waals surface area contributed by atoms with Gasteiger partial charge in [-0.05, 0) is 61.4 Å². The summed E-state index contributed by atoms with van der Waals surface area (Å²) in [7, 11) is 5.89. The fourth-order valence-electron chi connectivity index (χ4n) is 6.66. The minimum atomic E-state index is -0.704. The molecule has 2 atom stereocenters. The predicted molar refractivity (Wildman–Crippen MR) is 187 cm³/mol. The van der Waals surface area contributed by atoms with Gasteiger partial charge in [-0.2, -0.15) is 0 Å². The number of amides is 3. The Balaban J connectivity index is 1.22. The smallest absolute Gasteiger partial charge is 0.254 e. The van der Waals surface area contributed by atoms with E-state index in [2.05, 4.69) is 53.1 Å². The average Bonchev–Trinajstić information content (AvgIpc) is 3.63. The van der Waals surface area contributed by atoms with Crippen molar-refractivity contribution in [2.75, 3.05) is 34.2 Å². The summed E-state index contributed by atoms with van der Waals surface area (Å²) < 4.78 is 2.12. The van der Waals surface area contributed by atoms with Crippen molar-refractivity contribution in [1.82, 2.24) is 24.6 Å². The van der Waals surface area contributed by atoms with Gasteiger partial charge in [-0.15, -0.1) is 0 Å². The first-order valence-corrected chi connectivity index (χ1v) is 16.4. The normalized spacial score (nSPS) is 15.4. The Hall–Kier alpha value is -4.95. The third-order valence-electron chi connectivity index (χ3n) is 9.13. The zero-order valence-electron chi connectivity index (χ0n) is 27.4. The van der Waals surface area contributed by atoms with Crippen molar-refractivity contribution in [2.45, 2.75) is 44.4 Å². The predicted octanol–water partition coefficient (Wildman–Crippen LogP) is 5.35. The molecule has 2 heterocycles. The highest BCUT2D eigenvalue weighted by Gasteiger charge is 2.40. The standard InChI is InChI=1S/C39H43N5O3/c1-41(2)21-11-22-43-27-33(32-16-9-10-17-35(32)43)37(45)40-34-20-23-44(38(34)46)36(39(47)42(3)26-28-12-5-4-6-13-28)25-29-18-19-30-14-7-8-15-31(30)24-29/h4-10,12-19,24,27,34,36H,11,20-23,25-26H2,1-3H3,(H,40,45)/t34-,36+/m1/s1. The minimum absolute atomic E-state index is 0.122. The van der Waals surface area contributed by atoms with Crippen LogP contribution in [0.2, 0.25) is 0 Å². The Morgan fingerprint density at radius 2 is 1.60 bits per heavy atom. The van der Waals surface area contributed by atoms with Crippen molar-refractivity contribution < 1.29 is 14.4 Å². The number of hydrogen-bond donors (Lipinski definition) is 1. The molecule has 8 heteroatoms. The summed E-state index contributed by atoms with van der Waals surface area (Å²) in [5, 5.41) is 6.11. The van der Waals surface area contributed by atoms with Gasteiger partial charge in [0.1, 0.15) is 12.1 Å². The van der Waals surface area contributed by atoms with E-state index in [1.165, 1.54) is 0 Å². The van der Waals surface area contributed by atoms with Crippen LogP contribution in [0.4, 0.5) is 0 Å². The summed E-state index contributed by atoms with van der Waals surface area (Å²) in [4.78, 5) is 47.4. The van der Waals surface area contributed by atoms with Crippen LogP contribution < -0.4 is 5.32 Å². The molecule has 0 saturated carbocycles. The number of aromatic nitrogens is 1. The van der Waals surface area contributed by atoms with Crippen LogP contribution in [0.1, 0.15) is 34.3 Å². The molecule has 1 aromatic heterocycles. The fourth-order valence-corrected chi connectivity index (χ4v) is 6.66. The van der Waals surface area contributed by atoms with Gasteiger partial charge < -0.3 is 24.6 Å². The van der Waals surface area contributed by atoms with Gasteiger partial charge >= 0.3 is 0 Å². The van der Waals surface area contributed by atoms with Crippen LogP contribution in [0.5, 0.6) is 0 Å². The Labute approximate surface area is 276 Å². The molecule has 0 bridgehead atoms. The molecule has 1 fully saturated rings. The van der Waals surface area contributed by atoms with E-state index in [0.717, 1.165) is 52.3 Å². The lowest BCUT2D eigenvalue weighted by molar-refractivity contribution is -0.143. The second-order valence-corrected chi connectivity index (χ2v) is 12.8. The number of likely N-dealkylation sites (tertiary alicyclic amines) is 1. The summed E-state index contributed by atoms with van der Waals surface area (Å²) in [5.74, 6) is -0.616. The van der Waals surface area contributed by atoms with Gasteiger partial charge in [-0.3, -0.25) is 14.4 Å². The number of carbonyl (C=O) groups excluding carboxylic acids is 3. The van der Waals surface area contributed by atoms with E-state index >= 15 is 0 Å². The van der Waals surface area contributed by atoms with E-state index in [1.807, 2.05) is 79.0 Å². The lowest BCUT2D eigenvalue weighted by atomic mass is 10.00. The van der Waals surface area contributed by atoms with Crippen molar-refractivity contribution >= 4 is 39.4 Å². The molecule has 1 N–H and O–H groups in total. The molecule has 5 aromatic rings. The lowest BCUT2D eigenvalue weighted by Crippen LogP contribution is -2.51. The van der Waals surface area contributed by atoms with E-state index < -0.39 is 12.1 Å². The maximum atomic E-state index is 14.1. The number of benzene rings is 4. The number of likely N-dealkylation sites (N-methyl/N-ethyl adjacent to an activating group) is 1. The second-order valence-electron chi connectivity index (χ2n) is 12.8. The Bertz CT molecular complexity index is 1880. The molecule has 6 rings (SSSR count). The molecule has 3 amide bonds. The molecule has 0 unspecified atom stereocenters. The van der Waals surface area contributed by atoms with E-state index in [-0.39, 0.29) is 17.7 Å². The monoisotopic (exact) mass is 629 g/mol. The Kier molecular flexibility index (Phi) is 9.68. The largest absolute Gasteiger partial charge is 0.347 e. The number of rotatable bonds is 12. The van der Waals surface area contributed by atoms with E-state index in [4.69, 9.17) is 0 Å². The summed E-state index contributed by atoms with van der Waals surface area (Å²) in [6.07, 6.45) is 3.68. The molecule has 0 aliphatic carbocycles. The fraction of sp³-hybridized carbons (Fsp3) is 0.308. The van der Waals surface area contributed by atoms with Crippen LogP contribution in [0.3, 0.4) is 0 Å². The number of nitrogens with one attached hydrogen (secondary N) is 1. The van der Waals surface area contributed by atoms with Crippen LogP contribution in [0.15, 0.2) is 103 Å². The molecule has 1 saturated heterocycles. The third-order valence-corrected chi connectivity index (χ3v) is 9.13. The number of aryl methyl sites for hydroxylation is 1. The Morgan fingerprint density at radius 1 is 0.872 bits per heavy atom. The Morgan fingerprint density at radius 3 is 2.38 bits per heavy atom. The van der Waals surface area contributed by atoms with Crippen molar-refractivity contribution in [3.05, 3.63) is 120 Å². The molecule has 47 heavy (non-hydrogen) atoms. The first-order valence-electron chi connectivity index (χ1n) is 16.4. The molecule has 0 radical (unpaired) electrons. The first kappa shape index (κ1) is 32.0. The lowest BCUT2D eigenvalue weighted by Gasteiger charge is -2.31. The zero-order chi connectivity index (χ0) is 32.9. The first-order chi connectivity index (χ1) is 22.8. The zero-order valence-corrected chi connectivity index (χ0v) is 27.4. The van der Waals surface area contributed by atoms with Gasteiger partial charge in [-0.25, -0.2) is 0 Å². The highest BCUT2D eigenvalue weighted by Crippen LogP contribution is 2.25. The molecule has 1 aliphatic heterocycles. The molecule has 0 spiro atoms. The van der Waals surface area contributed by atoms with Gasteiger partial charge in [0.25, 0.3) is 5.91 Å². The summed E-state index contributed by atoms with van der Waals surface area (Å²) in [5.41, 5.74) is 3.56. The van der Waals surface area contributed by atoms with Gasteiger partial charge in [0.2, 0.25) is 11.8 Å². The highest BCUT2D eigenvalue weighted by molar-refractivity contribution is 6.08. The maximum Gasteiger partial charge on any atom is 0.254 e. The molecule has 8 nitrogen and oxygen atoms in total. The van der Waals surface area contributed by atoms with Crippen molar-refractivity contribution in [3.63, 3.8) is 0 Å². The second kappa shape index (κ2) is 14.2. The molecule has 4 aromatic carbocycles. The molecular weight excluding hydrogens is 586 g/mol. The van der Waals surface area contributed by atoms with Gasteiger partial charge in [0, 0.05) is 50.2 Å². The van der Waals surface area contributed by atoms with Crippen molar-refractivity contribution in [2.24, 2.45) is 0 Å². The number of fused-ring (bicyclic) bond motifs is 2. The van der Waals surface area contributed by atoms with Crippen LogP contribution in [-0.4, -0.2) is 83.3 Å². The van der Waals surface area contributed by atoms with E-state index in [1.54, 1.807) is 16.8 Å². The average molecular weight is 630 g/mol. The quantitative estimate of drug-likeness (QED) is 0.202. The number of nitrogens with zero attached hydrogens (tertiary/aromatic N) is 4. The SMILES string of the molecule is CN(C)CCCn1cc(C(=O)N[C@@H]2CCN([C@@H](Cc3ccc4ccccc4c3)C(=O)N(C)Cc3ccccc3)C2=O)c2ccccc21. The highest BCUT2D eigenvalue weighted by atomic mass is 16.2. The van der Waals surface area contributed by atoms with Crippen molar-refractivity contribution in [1.29, 1.82) is 0 Å². The molecule has 1 aliphatic rings. The number of para-hydroxylation sites is 1. The minimum Gasteiger partial charge on any atom is -0.347 e. The molecule has 242 valence electrons. The summed E-state index contributed by atoms with van der Waals surface area (Å²) in [6.45, 7) is 2.56. The van der Waals surface area contributed by atoms with E-state index in [0.29, 0.717) is 31.5 Å². The third kappa shape index (κ3) is 7.23. The van der Waals surface area contributed by atoms with Crippen LogP contribution in [-0.2, 0) is 29.1 Å². The maximum absolute atomic E-state index is 14.1.